The lowest BCUT2D eigenvalue weighted by molar-refractivity contribution is -0.134. The molecule has 3 unspecified atom stereocenters. The van der Waals surface area contributed by atoms with Crippen LogP contribution in [0.1, 0.15) is 20.8 Å². The monoisotopic (exact) mass is 237 g/mol. The molecule has 1 aliphatic rings. The number of likely N-dealkylation sites (N-methyl/N-ethyl adjacent to an activating group) is 1. The van der Waals surface area contributed by atoms with Gasteiger partial charge in [-0.2, -0.15) is 5.26 Å². The molecule has 4 heteroatoms. The quantitative estimate of drug-likeness (QED) is 0.741. The van der Waals surface area contributed by atoms with E-state index in [9.17, 15) is 4.79 Å². The maximum Gasteiger partial charge on any atom is 0.240 e. The van der Waals surface area contributed by atoms with Crippen molar-refractivity contribution in [3.8, 4) is 6.07 Å². The molecule has 1 heterocycles. The molecule has 1 rings (SSSR count). The van der Waals surface area contributed by atoms with E-state index in [-0.39, 0.29) is 11.8 Å². The Kier molecular flexibility index (Phi) is 4.53. The zero-order valence-electron chi connectivity index (χ0n) is 11.5. The van der Waals surface area contributed by atoms with Crippen molar-refractivity contribution < 1.29 is 4.79 Å². The maximum absolute atomic E-state index is 12.2. The molecule has 0 aromatic heterocycles. The predicted octanol–water partition coefficient (Wildman–Crippen LogP) is 1.19. The molecule has 0 aromatic carbocycles. The van der Waals surface area contributed by atoms with Crippen molar-refractivity contribution in [2.75, 3.05) is 27.2 Å². The molecule has 0 aliphatic carbocycles. The highest BCUT2D eigenvalue weighted by atomic mass is 16.2. The summed E-state index contributed by atoms with van der Waals surface area (Å²) in [5.74, 6) is 0.0588. The van der Waals surface area contributed by atoms with Gasteiger partial charge in [0, 0.05) is 19.1 Å². The number of rotatable bonds is 3. The number of nitriles is 1. The van der Waals surface area contributed by atoms with Crippen molar-refractivity contribution in [1.29, 1.82) is 5.26 Å². The van der Waals surface area contributed by atoms with Gasteiger partial charge in [-0.3, -0.25) is 4.79 Å². The van der Waals surface area contributed by atoms with E-state index in [1.54, 1.807) is 0 Å². The molecule has 0 bridgehead atoms. The van der Waals surface area contributed by atoms with Gasteiger partial charge in [-0.25, -0.2) is 0 Å². The van der Waals surface area contributed by atoms with Gasteiger partial charge in [-0.05, 0) is 25.9 Å². The standard InChI is InChI=1S/C13H23N3O/c1-9(2)11(6-14)13(17)16-7-10(3)12(8-16)15(4)5/h9-12H,7-8H2,1-5H3. The Balaban J connectivity index is 2.71. The van der Waals surface area contributed by atoms with Crippen LogP contribution in [0.25, 0.3) is 0 Å². The fraction of sp³-hybridized carbons (Fsp3) is 0.846. The second kappa shape index (κ2) is 5.50. The summed E-state index contributed by atoms with van der Waals surface area (Å²) in [7, 11) is 4.08. The minimum Gasteiger partial charge on any atom is -0.340 e. The topological polar surface area (TPSA) is 47.3 Å². The van der Waals surface area contributed by atoms with Crippen LogP contribution in [0.3, 0.4) is 0 Å². The second-order valence-corrected chi connectivity index (χ2v) is 5.60. The van der Waals surface area contributed by atoms with Gasteiger partial charge in [0.05, 0.1) is 6.07 Å². The Morgan fingerprint density at radius 2 is 2.00 bits per heavy atom. The predicted molar refractivity (Wildman–Crippen MR) is 67.2 cm³/mol. The first-order valence-electron chi connectivity index (χ1n) is 6.23. The number of carbonyl (C=O) groups excluding carboxylic acids is 1. The number of hydrogen-bond acceptors (Lipinski definition) is 3. The molecule has 1 saturated heterocycles. The van der Waals surface area contributed by atoms with Gasteiger partial charge < -0.3 is 9.80 Å². The zero-order valence-corrected chi connectivity index (χ0v) is 11.5. The molecule has 4 nitrogen and oxygen atoms in total. The fourth-order valence-electron chi connectivity index (χ4n) is 2.49. The molecule has 0 radical (unpaired) electrons. The number of nitrogens with zero attached hydrogens (tertiary/aromatic N) is 3. The molecular formula is C13H23N3O. The van der Waals surface area contributed by atoms with Crippen LogP contribution >= 0.6 is 0 Å². The molecule has 0 aromatic rings. The van der Waals surface area contributed by atoms with Crippen LogP contribution in [0.2, 0.25) is 0 Å². The van der Waals surface area contributed by atoms with Gasteiger partial charge in [-0.15, -0.1) is 0 Å². The normalized spacial score (nSPS) is 26.4. The lowest BCUT2D eigenvalue weighted by Crippen LogP contribution is -2.39. The van der Waals surface area contributed by atoms with Gasteiger partial charge in [-0.1, -0.05) is 20.8 Å². The molecule has 0 N–H and O–H groups in total. The minimum atomic E-state index is -0.497. The molecule has 1 fully saturated rings. The molecule has 0 spiro atoms. The summed E-state index contributed by atoms with van der Waals surface area (Å²) in [6.07, 6.45) is 0. The van der Waals surface area contributed by atoms with Crippen LogP contribution in [-0.4, -0.2) is 48.9 Å². The average molecular weight is 237 g/mol. The summed E-state index contributed by atoms with van der Waals surface area (Å²) in [4.78, 5) is 16.2. The van der Waals surface area contributed by atoms with E-state index in [0.29, 0.717) is 12.0 Å². The van der Waals surface area contributed by atoms with E-state index in [0.717, 1.165) is 13.1 Å². The van der Waals surface area contributed by atoms with Crippen molar-refractivity contribution in [2.24, 2.45) is 17.8 Å². The lowest BCUT2D eigenvalue weighted by atomic mass is 9.96. The van der Waals surface area contributed by atoms with Gasteiger partial charge in [0.1, 0.15) is 5.92 Å². The first-order chi connectivity index (χ1) is 7.88. The van der Waals surface area contributed by atoms with Gasteiger partial charge in [0.15, 0.2) is 0 Å². The number of likely N-dealkylation sites (tertiary alicyclic amines) is 1. The summed E-state index contributed by atoms with van der Waals surface area (Å²) in [5, 5.41) is 9.06. The van der Waals surface area contributed by atoms with Crippen LogP contribution in [0, 0.1) is 29.1 Å². The van der Waals surface area contributed by atoms with E-state index in [2.05, 4.69) is 17.9 Å². The van der Waals surface area contributed by atoms with Crippen molar-refractivity contribution in [3.63, 3.8) is 0 Å². The second-order valence-electron chi connectivity index (χ2n) is 5.60. The molecule has 0 saturated carbocycles. The fourth-order valence-corrected chi connectivity index (χ4v) is 2.49. The lowest BCUT2D eigenvalue weighted by Gasteiger charge is -2.23. The summed E-state index contributed by atoms with van der Waals surface area (Å²) in [6.45, 7) is 7.53. The smallest absolute Gasteiger partial charge is 0.240 e. The maximum atomic E-state index is 12.2. The highest BCUT2D eigenvalue weighted by molar-refractivity contribution is 5.81. The third-order valence-corrected chi connectivity index (χ3v) is 3.62. The largest absolute Gasteiger partial charge is 0.340 e. The Bertz CT molecular complexity index is 319. The highest BCUT2D eigenvalue weighted by Crippen LogP contribution is 2.23. The Morgan fingerprint density at radius 3 is 2.35 bits per heavy atom. The number of hydrogen-bond donors (Lipinski definition) is 0. The summed E-state index contributed by atoms with van der Waals surface area (Å²) in [5.41, 5.74) is 0. The van der Waals surface area contributed by atoms with Gasteiger partial charge in [0.25, 0.3) is 0 Å². The number of amides is 1. The Labute approximate surface area is 104 Å². The van der Waals surface area contributed by atoms with Crippen LogP contribution in [0.5, 0.6) is 0 Å². The van der Waals surface area contributed by atoms with E-state index in [1.165, 1.54) is 0 Å². The minimum absolute atomic E-state index is 0.00120. The van der Waals surface area contributed by atoms with Crippen molar-refractivity contribution in [2.45, 2.75) is 26.8 Å². The van der Waals surface area contributed by atoms with Crippen molar-refractivity contribution in [1.82, 2.24) is 9.80 Å². The Morgan fingerprint density at radius 1 is 1.41 bits per heavy atom. The van der Waals surface area contributed by atoms with Crippen molar-refractivity contribution >= 4 is 5.91 Å². The highest BCUT2D eigenvalue weighted by Gasteiger charge is 2.36. The van der Waals surface area contributed by atoms with Crippen LogP contribution in [0.4, 0.5) is 0 Å². The summed E-state index contributed by atoms with van der Waals surface area (Å²) in [6, 6.07) is 2.54. The van der Waals surface area contributed by atoms with E-state index < -0.39 is 5.92 Å². The average Bonchev–Trinajstić information content (AvgIpc) is 2.60. The molecule has 17 heavy (non-hydrogen) atoms. The van der Waals surface area contributed by atoms with E-state index in [1.807, 2.05) is 32.8 Å². The molecule has 3 atom stereocenters. The van der Waals surface area contributed by atoms with Gasteiger partial charge >= 0.3 is 0 Å². The first kappa shape index (κ1) is 14.0. The van der Waals surface area contributed by atoms with Crippen LogP contribution in [-0.2, 0) is 4.79 Å². The molecule has 1 aliphatic heterocycles. The van der Waals surface area contributed by atoms with Crippen LogP contribution in [0.15, 0.2) is 0 Å². The molecule has 96 valence electrons. The number of carbonyl (C=O) groups is 1. The van der Waals surface area contributed by atoms with Gasteiger partial charge in [0.2, 0.25) is 5.91 Å². The van der Waals surface area contributed by atoms with Crippen LogP contribution < -0.4 is 0 Å². The van der Waals surface area contributed by atoms with Crippen molar-refractivity contribution in [3.05, 3.63) is 0 Å². The third-order valence-electron chi connectivity index (χ3n) is 3.62. The molecule has 1 amide bonds. The summed E-state index contributed by atoms with van der Waals surface area (Å²) >= 11 is 0. The Hall–Kier alpha value is -1.08. The SMILES string of the molecule is CC(C)C(C#N)C(=O)N1CC(C)C(N(C)C)C1. The van der Waals surface area contributed by atoms with E-state index in [4.69, 9.17) is 5.26 Å². The zero-order chi connectivity index (χ0) is 13.2. The van der Waals surface area contributed by atoms with E-state index >= 15 is 0 Å². The first-order valence-corrected chi connectivity index (χ1v) is 6.23. The third kappa shape index (κ3) is 2.98. The molecular weight excluding hydrogens is 214 g/mol. The summed E-state index contributed by atoms with van der Waals surface area (Å²) < 4.78 is 0.